The summed E-state index contributed by atoms with van der Waals surface area (Å²) in [6.07, 6.45) is 5.83. The Morgan fingerprint density at radius 1 is 1.11 bits per heavy atom. The Kier molecular flexibility index (Phi) is 5.65. The summed E-state index contributed by atoms with van der Waals surface area (Å²) in [5, 5.41) is 0. The maximum Gasteiger partial charge on any atom is 0.387 e. The van der Waals surface area contributed by atoms with Crippen molar-refractivity contribution in [3.63, 3.8) is 0 Å². The van der Waals surface area contributed by atoms with E-state index in [1.165, 1.54) is 18.2 Å². The number of alkyl halides is 2. The number of rotatable bonds is 6. The van der Waals surface area contributed by atoms with Gasteiger partial charge in [-0.1, -0.05) is 30.4 Å². The number of allylic oxidation sites excluding steroid dienone is 2. The smallest absolute Gasteiger partial charge is 0.387 e. The molecule has 0 bridgehead atoms. The van der Waals surface area contributed by atoms with Gasteiger partial charge in [-0.15, -0.1) is 0 Å². The predicted molar refractivity (Wildman–Crippen MR) is 94.5 cm³/mol. The summed E-state index contributed by atoms with van der Waals surface area (Å²) in [5.41, 5.74) is 1.09. The molecule has 0 radical (unpaired) electrons. The average molecular weight is 378 g/mol. The fraction of sp³-hybridized carbons (Fsp3) is 0.238. The molecule has 1 atom stereocenters. The van der Waals surface area contributed by atoms with Crippen molar-refractivity contribution in [3.05, 3.63) is 83.5 Å². The highest BCUT2D eigenvalue weighted by atomic mass is 19.3. The Hall–Kier alpha value is -2.60. The van der Waals surface area contributed by atoms with Gasteiger partial charge in [0.2, 0.25) is 0 Å². The minimum Gasteiger partial charge on any atom is -0.432 e. The highest BCUT2D eigenvalue weighted by Crippen LogP contribution is 2.39. The molecule has 0 fully saturated rings. The van der Waals surface area contributed by atoms with E-state index >= 15 is 0 Å². The first-order valence-corrected chi connectivity index (χ1v) is 8.47. The molecular weight excluding hydrogens is 360 g/mol. The summed E-state index contributed by atoms with van der Waals surface area (Å²) in [6, 6.07) is 10.0. The van der Waals surface area contributed by atoms with Gasteiger partial charge in [0.15, 0.2) is 11.6 Å². The van der Waals surface area contributed by atoms with E-state index in [9.17, 15) is 17.6 Å². The second kappa shape index (κ2) is 7.96. The van der Waals surface area contributed by atoms with Gasteiger partial charge >= 0.3 is 6.61 Å². The van der Waals surface area contributed by atoms with Crippen LogP contribution in [0.4, 0.5) is 17.6 Å². The van der Waals surface area contributed by atoms with E-state index in [2.05, 4.69) is 4.74 Å². The van der Waals surface area contributed by atoms with E-state index in [1.807, 2.05) is 13.0 Å². The third-order valence-electron chi connectivity index (χ3n) is 4.35. The van der Waals surface area contributed by atoms with Crippen molar-refractivity contribution in [1.29, 1.82) is 0 Å². The van der Waals surface area contributed by atoms with Crippen LogP contribution in [0.2, 0.25) is 0 Å². The quantitative estimate of drug-likeness (QED) is 0.588. The summed E-state index contributed by atoms with van der Waals surface area (Å²) in [6.45, 7) is -0.923. The lowest BCUT2D eigenvalue weighted by Gasteiger charge is -2.33. The van der Waals surface area contributed by atoms with Crippen LogP contribution in [0.1, 0.15) is 24.5 Å². The summed E-state index contributed by atoms with van der Waals surface area (Å²) in [5.74, 6) is -1.74. The van der Waals surface area contributed by atoms with Crippen LogP contribution in [-0.2, 0) is 10.3 Å². The maximum atomic E-state index is 14.2. The van der Waals surface area contributed by atoms with E-state index < -0.39 is 23.8 Å². The lowest BCUT2D eigenvalue weighted by atomic mass is 9.83. The lowest BCUT2D eigenvalue weighted by Crippen LogP contribution is -2.28. The first kappa shape index (κ1) is 19.2. The number of halogens is 4. The summed E-state index contributed by atoms with van der Waals surface area (Å²) in [7, 11) is 0. The zero-order valence-electron chi connectivity index (χ0n) is 14.6. The van der Waals surface area contributed by atoms with Crippen molar-refractivity contribution in [2.24, 2.45) is 0 Å². The molecule has 1 aliphatic carbocycles. The number of ether oxygens (including phenoxy) is 2. The molecule has 142 valence electrons. The molecule has 1 aliphatic rings. The molecule has 0 N–H and O–H groups in total. The molecule has 0 aromatic heterocycles. The first-order valence-electron chi connectivity index (χ1n) is 8.47. The Morgan fingerprint density at radius 3 is 2.52 bits per heavy atom. The van der Waals surface area contributed by atoms with Crippen molar-refractivity contribution in [1.82, 2.24) is 0 Å². The van der Waals surface area contributed by atoms with Gasteiger partial charge in [0.25, 0.3) is 0 Å². The van der Waals surface area contributed by atoms with Crippen LogP contribution in [0.25, 0.3) is 5.57 Å². The molecular formula is C21H18F4O2. The first-order chi connectivity index (χ1) is 12.9. The van der Waals surface area contributed by atoms with E-state index in [-0.39, 0.29) is 5.82 Å². The van der Waals surface area contributed by atoms with Crippen molar-refractivity contribution in [2.45, 2.75) is 25.6 Å². The van der Waals surface area contributed by atoms with E-state index in [4.69, 9.17) is 4.74 Å². The van der Waals surface area contributed by atoms with Crippen molar-refractivity contribution in [3.8, 4) is 5.75 Å². The third-order valence-corrected chi connectivity index (χ3v) is 4.35. The normalized spacial score (nSPS) is 19.3. The van der Waals surface area contributed by atoms with Gasteiger partial charge in [0.05, 0.1) is 0 Å². The standard InChI is InChI=1S/C21H18F4O2/c1-2-26-21(16-6-7-19(18(23)13-16)27-20(24)25)10-8-14(9-11-21)15-4-3-5-17(22)12-15/h3-10,12-13,20H,2,11H2,1H3. The van der Waals surface area contributed by atoms with Gasteiger partial charge in [-0.05, 0) is 54.0 Å². The molecule has 3 rings (SSSR count). The fourth-order valence-corrected chi connectivity index (χ4v) is 3.12. The third kappa shape index (κ3) is 4.22. The molecule has 1 unspecified atom stereocenters. The maximum absolute atomic E-state index is 14.2. The molecule has 2 aromatic rings. The van der Waals surface area contributed by atoms with Crippen LogP contribution in [0.3, 0.4) is 0 Å². The second-order valence-corrected chi connectivity index (χ2v) is 6.05. The van der Waals surface area contributed by atoms with E-state index in [0.29, 0.717) is 18.6 Å². The number of hydrogen-bond donors (Lipinski definition) is 0. The minimum absolute atomic E-state index is 0.333. The van der Waals surface area contributed by atoms with Gasteiger partial charge in [0, 0.05) is 13.0 Å². The molecule has 0 saturated heterocycles. The topological polar surface area (TPSA) is 18.5 Å². The summed E-state index contributed by atoms with van der Waals surface area (Å²) >= 11 is 0. The van der Waals surface area contributed by atoms with Crippen molar-refractivity contribution >= 4 is 5.57 Å². The Balaban J connectivity index is 1.90. The largest absolute Gasteiger partial charge is 0.432 e. The molecule has 2 aromatic carbocycles. The van der Waals surface area contributed by atoms with Gasteiger partial charge < -0.3 is 9.47 Å². The average Bonchev–Trinajstić information content (AvgIpc) is 2.64. The highest BCUT2D eigenvalue weighted by Gasteiger charge is 2.32. The monoisotopic (exact) mass is 378 g/mol. The van der Waals surface area contributed by atoms with Crippen molar-refractivity contribution in [2.75, 3.05) is 6.61 Å². The molecule has 0 amide bonds. The van der Waals surface area contributed by atoms with Crippen LogP contribution in [-0.4, -0.2) is 13.2 Å². The van der Waals surface area contributed by atoms with Crippen LogP contribution >= 0.6 is 0 Å². The molecule has 0 aliphatic heterocycles. The number of hydrogen-bond acceptors (Lipinski definition) is 2. The van der Waals surface area contributed by atoms with Gasteiger partial charge in [-0.2, -0.15) is 8.78 Å². The summed E-state index contributed by atoms with van der Waals surface area (Å²) < 4.78 is 62.3. The zero-order valence-corrected chi connectivity index (χ0v) is 14.6. The van der Waals surface area contributed by atoms with E-state index in [0.717, 1.165) is 23.3 Å². The highest BCUT2D eigenvalue weighted by molar-refractivity contribution is 5.75. The Labute approximate surface area is 154 Å². The molecule has 27 heavy (non-hydrogen) atoms. The van der Waals surface area contributed by atoms with Gasteiger partial charge in [-0.3, -0.25) is 0 Å². The fourth-order valence-electron chi connectivity index (χ4n) is 3.12. The number of benzene rings is 2. The van der Waals surface area contributed by atoms with Crippen molar-refractivity contribution < 1.29 is 27.0 Å². The molecule has 6 heteroatoms. The molecule has 0 heterocycles. The van der Waals surface area contributed by atoms with E-state index in [1.54, 1.807) is 24.3 Å². The Morgan fingerprint density at radius 2 is 1.93 bits per heavy atom. The SMILES string of the molecule is CCOC1(c2ccc(OC(F)F)c(F)c2)C=CC(c2cccc(F)c2)=CC1. The summed E-state index contributed by atoms with van der Waals surface area (Å²) in [4.78, 5) is 0. The molecule has 0 spiro atoms. The lowest BCUT2D eigenvalue weighted by molar-refractivity contribution is -0.0523. The minimum atomic E-state index is -3.10. The van der Waals surface area contributed by atoms with Crippen LogP contribution < -0.4 is 4.74 Å². The van der Waals surface area contributed by atoms with Crippen LogP contribution in [0.15, 0.2) is 60.7 Å². The Bertz CT molecular complexity index is 876. The van der Waals surface area contributed by atoms with Crippen LogP contribution in [0.5, 0.6) is 5.75 Å². The predicted octanol–water partition coefficient (Wildman–Crippen LogP) is 5.84. The van der Waals surface area contributed by atoms with Gasteiger partial charge in [-0.25, -0.2) is 8.78 Å². The molecule has 0 saturated carbocycles. The zero-order chi connectivity index (χ0) is 19.4. The molecule has 2 nitrogen and oxygen atoms in total. The van der Waals surface area contributed by atoms with Crippen LogP contribution in [0, 0.1) is 11.6 Å². The van der Waals surface area contributed by atoms with Gasteiger partial charge in [0.1, 0.15) is 11.4 Å². The second-order valence-electron chi connectivity index (χ2n) is 6.05.